The Balaban J connectivity index is 3.58. The van der Waals surface area contributed by atoms with Gasteiger partial charge in [0.25, 0.3) is 0 Å². The second kappa shape index (κ2) is 4.29. The van der Waals surface area contributed by atoms with Crippen molar-refractivity contribution in [1.82, 2.24) is 0 Å². The molecule has 0 aliphatic rings. The van der Waals surface area contributed by atoms with Crippen molar-refractivity contribution in [1.29, 1.82) is 0 Å². The molecule has 0 spiro atoms. The molecule has 0 bridgehead atoms. The Labute approximate surface area is 74.3 Å². The van der Waals surface area contributed by atoms with Crippen LogP contribution < -0.4 is 0 Å². The highest BCUT2D eigenvalue weighted by molar-refractivity contribution is 5.85. The molecule has 0 aromatic rings. The van der Waals surface area contributed by atoms with Crippen molar-refractivity contribution in [2.45, 2.75) is 40.0 Å². The highest BCUT2D eigenvalue weighted by Gasteiger charge is 2.10. The van der Waals surface area contributed by atoms with Crippen LogP contribution >= 0.6 is 0 Å². The van der Waals surface area contributed by atoms with Crippen molar-refractivity contribution < 1.29 is 9.90 Å². The first-order chi connectivity index (χ1) is 5.33. The number of carbonyl (C=O) groups is 1. The molecule has 0 saturated carbocycles. The fraction of sp³-hybridized carbons (Fsp3) is 0.700. The molecule has 2 heteroatoms. The van der Waals surface area contributed by atoms with E-state index >= 15 is 0 Å². The molecule has 0 heterocycles. The average Bonchev–Trinajstić information content (AvgIpc) is 1.84. The van der Waals surface area contributed by atoms with Crippen LogP contribution in [0.25, 0.3) is 0 Å². The van der Waals surface area contributed by atoms with Crippen molar-refractivity contribution in [2.75, 3.05) is 0 Å². The smallest absolute Gasteiger partial charge is 0.330 e. The monoisotopic (exact) mass is 170 g/mol. The van der Waals surface area contributed by atoms with Gasteiger partial charge in [-0.1, -0.05) is 27.4 Å². The molecule has 70 valence electrons. The van der Waals surface area contributed by atoms with Gasteiger partial charge in [-0.3, -0.25) is 0 Å². The molecule has 0 aliphatic carbocycles. The van der Waals surface area contributed by atoms with Crippen LogP contribution in [-0.4, -0.2) is 11.1 Å². The van der Waals surface area contributed by atoms with Gasteiger partial charge in [0.15, 0.2) is 0 Å². The number of aliphatic carboxylic acids is 1. The lowest BCUT2D eigenvalue weighted by Gasteiger charge is -2.17. The molecular formula is C10H18O2. The van der Waals surface area contributed by atoms with E-state index in [9.17, 15) is 4.79 Å². The second-order valence-corrected chi connectivity index (χ2v) is 4.32. The summed E-state index contributed by atoms with van der Waals surface area (Å²) < 4.78 is 0. The second-order valence-electron chi connectivity index (χ2n) is 4.32. The molecule has 0 amide bonds. The molecule has 2 nitrogen and oxygen atoms in total. The molecule has 0 aliphatic heterocycles. The summed E-state index contributed by atoms with van der Waals surface area (Å²) in [6, 6.07) is 0. The molecule has 0 atom stereocenters. The van der Waals surface area contributed by atoms with Crippen LogP contribution in [0.3, 0.4) is 0 Å². The molecular weight excluding hydrogens is 152 g/mol. The van der Waals surface area contributed by atoms with Crippen molar-refractivity contribution in [3.63, 3.8) is 0 Å². The van der Waals surface area contributed by atoms with E-state index in [4.69, 9.17) is 5.11 Å². The predicted molar refractivity (Wildman–Crippen MR) is 50.1 cm³/mol. The zero-order valence-corrected chi connectivity index (χ0v) is 8.18. The van der Waals surface area contributed by atoms with Crippen LogP contribution in [0.15, 0.2) is 12.2 Å². The summed E-state index contributed by atoms with van der Waals surface area (Å²) in [5.74, 6) is -0.871. The van der Waals surface area contributed by atoms with Crippen molar-refractivity contribution >= 4 is 5.97 Å². The highest BCUT2D eigenvalue weighted by Crippen LogP contribution is 2.22. The quantitative estimate of drug-likeness (QED) is 0.659. The van der Waals surface area contributed by atoms with E-state index in [0.717, 1.165) is 12.8 Å². The van der Waals surface area contributed by atoms with E-state index in [0.29, 0.717) is 17.4 Å². The third kappa shape index (κ3) is 5.96. The maximum atomic E-state index is 10.4. The molecule has 0 unspecified atom stereocenters. The summed E-state index contributed by atoms with van der Waals surface area (Å²) in [5, 5.41) is 8.51. The lowest BCUT2D eigenvalue weighted by Crippen LogP contribution is -2.06. The van der Waals surface area contributed by atoms with Gasteiger partial charge in [0.05, 0.1) is 0 Å². The Kier molecular flexibility index (Phi) is 4.01. The average molecular weight is 170 g/mol. The third-order valence-electron chi connectivity index (χ3n) is 1.71. The normalized spacial score (nSPS) is 11.2. The first-order valence-electron chi connectivity index (χ1n) is 4.24. The van der Waals surface area contributed by atoms with Gasteiger partial charge >= 0.3 is 5.97 Å². The van der Waals surface area contributed by atoms with Gasteiger partial charge in [-0.25, -0.2) is 4.79 Å². The number of hydrogen-bond acceptors (Lipinski definition) is 1. The number of rotatable bonds is 4. The molecule has 0 fully saturated rings. The Hall–Kier alpha value is -0.790. The zero-order valence-electron chi connectivity index (χ0n) is 8.18. The largest absolute Gasteiger partial charge is 0.478 e. The minimum absolute atomic E-state index is 0.290. The van der Waals surface area contributed by atoms with Crippen LogP contribution in [-0.2, 0) is 4.79 Å². The highest BCUT2D eigenvalue weighted by atomic mass is 16.4. The van der Waals surface area contributed by atoms with E-state index in [2.05, 4.69) is 27.4 Å². The van der Waals surface area contributed by atoms with E-state index < -0.39 is 5.97 Å². The Morgan fingerprint density at radius 2 is 1.92 bits per heavy atom. The number of hydrogen-bond donors (Lipinski definition) is 1. The summed E-state index contributed by atoms with van der Waals surface area (Å²) in [5.41, 5.74) is 0.609. The van der Waals surface area contributed by atoms with Gasteiger partial charge in [0.1, 0.15) is 0 Å². The van der Waals surface area contributed by atoms with Crippen molar-refractivity contribution in [3.8, 4) is 0 Å². The summed E-state index contributed by atoms with van der Waals surface area (Å²) >= 11 is 0. The zero-order chi connectivity index (χ0) is 9.78. The standard InChI is InChI=1S/C10H18O2/c1-8(9(11)12)6-5-7-10(2,3)4/h1,5-7H2,2-4H3,(H,11,12). The topological polar surface area (TPSA) is 37.3 Å². The van der Waals surface area contributed by atoms with Crippen molar-refractivity contribution in [2.24, 2.45) is 5.41 Å². The Morgan fingerprint density at radius 1 is 1.42 bits per heavy atom. The third-order valence-corrected chi connectivity index (χ3v) is 1.71. The molecule has 12 heavy (non-hydrogen) atoms. The molecule has 0 rings (SSSR count). The van der Waals surface area contributed by atoms with E-state index in [1.54, 1.807) is 0 Å². The van der Waals surface area contributed by atoms with Gasteiger partial charge in [0, 0.05) is 5.57 Å². The molecule has 0 aromatic carbocycles. The molecule has 0 saturated heterocycles. The number of carboxylic acids is 1. The SMILES string of the molecule is C=C(CCCC(C)(C)C)C(=O)O. The van der Waals surface area contributed by atoms with Gasteiger partial charge in [-0.05, 0) is 24.7 Å². The minimum atomic E-state index is -0.871. The van der Waals surface area contributed by atoms with Crippen LogP contribution in [0.5, 0.6) is 0 Å². The summed E-state index contributed by atoms with van der Waals surface area (Å²) in [4.78, 5) is 10.4. The van der Waals surface area contributed by atoms with E-state index in [1.165, 1.54) is 0 Å². The minimum Gasteiger partial charge on any atom is -0.478 e. The van der Waals surface area contributed by atoms with E-state index in [1.807, 2.05) is 0 Å². The summed E-state index contributed by atoms with van der Waals surface area (Å²) in [7, 11) is 0. The molecule has 1 N–H and O–H groups in total. The van der Waals surface area contributed by atoms with Crippen LogP contribution in [0.2, 0.25) is 0 Å². The van der Waals surface area contributed by atoms with Gasteiger partial charge in [0.2, 0.25) is 0 Å². The van der Waals surface area contributed by atoms with Gasteiger partial charge in [-0.2, -0.15) is 0 Å². The first-order valence-corrected chi connectivity index (χ1v) is 4.24. The Morgan fingerprint density at radius 3 is 2.25 bits per heavy atom. The molecule has 0 aromatic heterocycles. The van der Waals surface area contributed by atoms with Crippen LogP contribution in [0.4, 0.5) is 0 Å². The first kappa shape index (κ1) is 11.2. The summed E-state index contributed by atoms with van der Waals surface area (Å²) in [6.07, 6.45) is 2.56. The van der Waals surface area contributed by atoms with Crippen molar-refractivity contribution in [3.05, 3.63) is 12.2 Å². The maximum absolute atomic E-state index is 10.4. The van der Waals surface area contributed by atoms with Gasteiger partial charge in [-0.15, -0.1) is 0 Å². The fourth-order valence-corrected chi connectivity index (χ4v) is 0.939. The fourth-order valence-electron chi connectivity index (χ4n) is 0.939. The number of carboxylic acid groups (broad SMARTS) is 1. The summed E-state index contributed by atoms with van der Waals surface area (Å²) in [6.45, 7) is 9.92. The molecule has 0 radical (unpaired) electrons. The van der Waals surface area contributed by atoms with Crippen LogP contribution in [0, 0.1) is 5.41 Å². The lowest BCUT2D eigenvalue weighted by molar-refractivity contribution is -0.132. The maximum Gasteiger partial charge on any atom is 0.330 e. The Bertz CT molecular complexity index is 175. The van der Waals surface area contributed by atoms with Crippen LogP contribution in [0.1, 0.15) is 40.0 Å². The van der Waals surface area contributed by atoms with Gasteiger partial charge < -0.3 is 5.11 Å². The lowest BCUT2D eigenvalue weighted by atomic mass is 9.89. The van der Waals surface area contributed by atoms with E-state index in [-0.39, 0.29) is 0 Å². The predicted octanol–water partition coefficient (Wildman–Crippen LogP) is 2.84.